The molecule has 0 bridgehead atoms. The van der Waals surface area contributed by atoms with Crippen LogP contribution >= 0.6 is 15.9 Å². The van der Waals surface area contributed by atoms with E-state index in [4.69, 9.17) is 4.74 Å². The Bertz CT molecular complexity index is 505. The predicted molar refractivity (Wildman–Crippen MR) is 76.0 cm³/mol. The lowest BCUT2D eigenvalue weighted by Crippen LogP contribution is -2.40. The van der Waals surface area contributed by atoms with Gasteiger partial charge in [0.25, 0.3) is 0 Å². The summed E-state index contributed by atoms with van der Waals surface area (Å²) in [6, 6.07) is 0. The smallest absolute Gasteiger partial charge is 0.410 e. The number of hydrogen-bond acceptors (Lipinski definition) is 3. The van der Waals surface area contributed by atoms with E-state index in [1.165, 1.54) is 0 Å². The van der Waals surface area contributed by atoms with Gasteiger partial charge in [0, 0.05) is 25.1 Å². The lowest BCUT2D eigenvalue weighted by molar-refractivity contribution is 0.0208. The Morgan fingerprint density at radius 1 is 1.47 bits per heavy atom. The van der Waals surface area contributed by atoms with E-state index in [1.807, 2.05) is 27.8 Å². The number of fused-ring (bicyclic) bond motifs is 1. The zero-order chi connectivity index (χ0) is 14.4. The molecule has 1 atom stereocenters. The quantitative estimate of drug-likeness (QED) is 0.735. The maximum Gasteiger partial charge on any atom is 0.410 e. The van der Waals surface area contributed by atoms with E-state index < -0.39 is 5.60 Å². The molecule has 2 rings (SSSR count). The molecule has 0 saturated heterocycles. The monoisotopic (exact) mass is 329 g/mol. The minimum absolute atomic E-state index is 0.216. The third-order valence-corrected chi connectivity index (χ3v) is 4.05. The molecular weight excluding hydrogens is 310 g/mol. The van der Waals surface area contributed by atoms with Gasteiger partial charge in [-0.05, 0) is 36.7 Å². The second kappa shape index (κ2) is 4.81. The minimum atomic E-state index is -0.466. The highest BCUT2D eigenvalue weighted by Gasteiger charge is 2.32. The second-order valence-corrected chi connectivity index (χ2v) is 6.79. The topological polar surface area (TPSA) is 47.4 Å². The van der Waals surface area contributed by atoms with E-state index in [9.17, 15) is 4.79 Å². The second-order valence-electron chi connectivity index (χ2n) is 6.04. The lowest BCUT2D eigenvalue weighted by atomic mass is 9.99. The first-order valence-corrected chi connectivity index (χ1v) is 7.17. The number of nitrogens with zero attached hydrogens (tertiary/aromatic N) is 3. The van der Waals surface area contributed by atoms with Crippen LogP contribution in [0.15, 0.2) is 4.60 Å². The van der Waals surface area contributed by atoms with Crippen LogP contribution in [-0.4, -0.2) is 32.9 Å². The number of amides is 1. The van der Waals surface area contributed by atoms with Gasteiger partial charge in [-0.1, -0.05) is 6.92 Å². The maximum absolute atomic E-state index is 12.1. The number of ether oxygens (including phenoxy) is 1. The summed E-state index contributed by atoms with van der Waals surface area (Å²) < 4.78 is 8.17. The molecule has 1 aliphatic rings. The highest BCUT2D eigenvalue weighted by atomic mass is 79.9. The van der Waals surface area contributed by atoms with Gasteiger partial charge in [-0.15, -0.1) is 0 Å². The van der Waals surface area contributed by atoms with Crippen molar-refractivity contribution in [3.05, 3.63) is 15.9 Å². The van der Waals surface area contributed by atoms with Gasteiger partial charge in [0.1, 0.15) is 10.2 Å². The van der Waals surface area contributed by atoms with Gasteiger partial charge in [-0.3, -0.25) is 4.68 Å². The van der Waals surface area contributed by atoms with Gasteiger partial charge in [0.05, 0.1) is 12.2 Å². The zero-order valence-electron chi connectivity index (χ0n) is 12.0. The normalized spacial score (nSPS) is 19.3. The van der Waals surface area contributed by atoms with Crippen molar-refractivity contribution in [2.45, 2.75) is 45.8 Å². The largest absolute Gasteiger partial charge is 0.444 e. The molecule has 0 spiro atoms. The van der Waals surface area contributed by atoms with Crippen LogP contribution in [0.3, 0.4) is 0 Å². The van der Waals surface area contributed by atoms with Crippen molar-refractivity contribution in [1.29, 1.82) is 0 Å². The third kappa shape index (κ3) is 2.94. The van der Waals surface area contributed by atoms with E-state index in [2.05, 4.69) is 28.0 Å². The molecule has 2 heterocycles. The molecule has 0 aromatic carbocycles. The molecule has 19 heavy (non-hydrogen) atoms. The van der Waals surface area contributed by atoms with Crippen LogP contribution in [0, 0.1) is 0 Å². The Balaban J connectivity index is 2.21. The fourth-order valence-electron chi connectivity index (χ4n) is 2.25. The Morgan fingerprint density at radius 2 is 2.11 bits per heavy atom. The van der Waals surface area contributed by atoms with Gasteiger partial charge < -0.3 is 9.64 Å². The van der Waals surface area contributed by atoms with Crippen molar-refractivity contribution in [3.63, 3.8) is 0 Å². The van der Waals surface area contributed by atoms with Crippen LogP contribution in [-0.2, 0) is 18.3 Å². The fraction of sp³-hybridized carbons (Fsp3) is 0.692. The number of aryl methyl sites for hydroxylation is 1. The molecule has 1 aromatic rings. The van der Waals surface area contributed by atoms with Crippen molar-refractivity contribution in [3.8, 4) is 0 Å². The maximum atomic E-state index is 12.1. The van der Waals surface area contributed by atoms with Crippen molar-refractivity contribution in [2.75, 3.05) is 6.54 Å². The van der Waals surface area contributed by atoms with E-state index in [-0.39, 0.29) is 12.0 Å². The molecule has 1 aromatic heterocycles. The summed E-state index contributed by atoms with van der Waals surface area (Å²) in [7, 11) is 1.90. The first kappa shape index (κ1) is 14.4. The van der Waals surface area contributed by atoms with Crippen LogP contribution in [0.5, 0.6) is 0 Å². The summed E-state index contributed by atoms with van der Waals surface area (Å²) in [5.74, 6) is 0.216. The summed E-state index contributed by atoms with van der Waals surface area (Å²) in [6.07, 6.45) is -0.263. The lowest BCUT2D eigenvalue weighted by Gasteiger charge is -2.32. The number of rotatable bonds is 0. The standard InChI is InChI=1S/C13H20BrN3O2/c1-8-6-17(12(18)19-13(2,3)4)7-9-10(8)15-16(5)11(9)14/h8H,6-7H2,1-5H3. The van der Waals surface area contributed by atoms with Crippen LogP contribution in [0.2, 0.25) is 0 Å². The van der Waals surface area contributed by atoms with Crippen molar-refractivity contribution >= 4 is 22.0 Å². The Morgan fingerprint density at radius 3 is 2.68 bits per heavy atom. The number of hydrogen-bond donors (Lipinski definition) is 0. The molecule has 0 fully saturated rings. The average molecular weight is 330 g/mol. The van der Waals surface area contributed by atoms with Gasteiger partial charge >= 0.3 is 6.09 Å². The Labute approximate surface area is 122 Å². The van der Waals surface area contributed by atoms with Gasteiger partial charge in [-0.25, -0.2) is 4.79 Å². The van der Waals surface area contributed by atoms with Crippen molar-refractivity contribution in [1.82, 2.24) is 14.7 Å². The summed E-state index contributed by atoms with van der Waals surface area (Å²) in [5.41, 5.74) is 1.67. The number of carbonyl (C=O) groups is 1. The molecule has 6 heteroatoms. The van der Waals surface area contributed by atoms with Gasteiger partial charge in [0.15, 0.2) is 0 Å². The molecular formula is C13H20BrN3O2. The van der Waals surface area contributed by atoms with Crippen LogP contribution < -0.4 is 0 Å². The molecule has 1 aliphatic heterocycles. The molecule has 1 unspecified atom stereocenters. The van der Waals surface area contributed by atoms with E-state index in [0.29, 0.717) is 13.1 Å². The summed E-state index contributed by atoms with van der Waals surface area (Å²) in [6.45, 7) is 8.90. The first-order chi connectivity index (χ1) is 8.69. The van der Waals surface area contributed by atoms with Gasteiger partial charge in [-0.2, -0.15) is 5.10 Å². The Hall–Kier alpha value is -1.04. The molecule has 0 aliphatic carbocycles. The first-order valence-electron chi connectivity index (χ1n) is 6.38. The molecule has 0 saturated carbocycles. The fourth-order valence-corrected chi connectivity index (χ4v) is 2.65. The number of carbonyl (C=O) groups excluding carboxylic acids is 1. The highest BCUT2D eigenvalue weighted by Crippen LogP contribution is 2.32. The van der Waals surface area contributed by atoms with Crippen molar-refractivity contribution < 1.29 is 9.53 Å². The Kier molecular flexibility index (Phi) is 3.64. The SMILES string of the molecule is CC1CN(C(=O)OC(C)(C)C)Cc2c1nn(C)c2Br. The summed E-state index contributed by atoms with van der Waals surface area (Å²) >= 11 is 3.52. The average Bonchev–Trinajstić information content (AvgIpc) is 2.54. The number of halogens is 1. The molecule has 0 N–H and O–H groups in total. The van der Waals surface area contributed by atoms with E-state index >= 15 is 0 Å². The van der Waals surface area contributed by atoms with Gasteiger partial charge in [0.2, 0.25) is 0 Å². The van der Waals surface area contributed by atoms with E-state index in [0.717, 1.165) is 15.9 Å². The summed E-state index contributed by atoms with van der Waals surface area (Å²) in [5, 5.41) is 4.49. The van der Waals surface area contributed by atoms with Crippen LogP contribution in [0.25, 0.3) is 0 Å². The zero-order valence-corrected chi connectivity index (χ0v) is 13.6. The van der Waals surface area contributed by atoms with Crippen LogP contribution in [0.4, 0.5) is 4.79 Å². The van der Waals surface area contributed by atoms with E-state index in [1.54, 1.807) is 9.58 Å². The number of aromatic nitrogens is 2. The third-order valence-electron chi connectivity index (χ3n) is 3.06. The summed E-state index contributed by atoms with van der Waals surface area (Å²) in [4.78, 5) is 13.9. The predicted octanol–water partition coefficient (Wildman–Crippen LogP) is 3.04. The molecule has 106 valence electrons. The van der Waals surface area contributed by atoms with Crippen molar-refractivity contribution in [2.24, 2.45) is 7.05 Å². The molecule has 1 amide bonds. The molecule has 0 radical (unpaired) electrons. The van der Waals surface area contributed by atoms with Crippen LogP contribution in [0.1, 0.15) is 44.9 Å². The highest BCUT2D eigenvalue weighted by molar-refractivity contribution is 9.10. The minimum Gasteiger partial charge on any atom is -0.444 e. The molecule has 5 nitrogen and oxygen atoms in total.